The second-order valence-electron chi connectivity index (χ2n) is 4.23. The molecule has 19 heavy (non-hydrogen) atoms. The number of nitrogens with zero attached hydrogens (tertiary/aromatic N) is 1. The van der Waals surface area contributed by atoms with Crippen LogP contribution < -0.4 is 0 Å². The third kappa shape index (κ3) is 2.60. The molecule has 0 atom stereocenters. The summed E-state index contributed by atoms with van der Waals surface area (Å²) in [4.78, 5) is 24.4. The number of aromatic amines is 1. The molecule has 2 aromatic rings. The van der Waals surface area contributed by atoms with Gasteiger partial charge in [0.1, 0.15) is 0 Å². The van der Waals surface area contributed by atoms with Crippen LogP contribution in [-0.2, 0) is 11.2 Å². The number of carbonyl (C=O) groups is 1. The lowest BCUT2D eigenvalue weighted by atomic mass is 10.0. The molecule has 0 bridgehead atoms. The Morgan fingerprint density at radius 2 is 2.21 bits per heavy atom. The Labute approximate surface area is 116 Å². The second kappa shape index (κ2) is 5.00. The Hall–Kier alpha value is -1.89. The maximum atomic E-state index is 11.1. The number of halogens is 1. The summed E-state index contributed by atoms with van der Waals surface area (Å²) in [7, 11) is 0. The average molecular weight is 327 g/mol. The molecule has 0 unspecified atom stereocenters. The van der Waals surface area contributed by atoms with Gasteiger partial charge < -0.3 is 10.1 Å². The van der Waals surface area contributed by atoms with Gasteiger partial charge in [-0.25, -0.2) is 0 Å². The number of aryl methyl sites for hydroxylation is 2. The third-order valence-corrected chi connectivity index (χ3v) is 3.40. The van der Waals surface area contributed by atoms with Gasteiger partial charge >= 0.3 is 5.97 Å². The number of carboxylic acid groups (broad SMARTS) is 1. The number of aromatic nitrogens is 1. The van der Waals surface area contributed by atoms with Gasteiger partial charge in [-0.15, -0.1) is 0 Å². The molecule has 1 aromatic heterocycles. The van der Waals surface area contributed by atoms with Gasteiger partial charge in [0.2, 0.25) is 0 Å². The van der Waals surface area contributed by atoms with Gasteiger partial charge in [-0.3, -0.25) is 14.9 Å². The highest BCUT2D eigenvalue weighted by atomic mass is 79.9. The molecule has 0 amide bonds. The fourth-order valence-corrected chi connectivity index (χ4v) is 2.61. The summed E-state index contributed by atoms with van der Waals surface area (Å²) >= 11 is 3.23. The van der Waals surface area contributed by atoms with Crippen LogP contribution in [0.4, 0.5) is 5.69 Å². The van der Waals surface area contributed by atoms with Crippen LogP contribution in [0.15, 0.2) is 16.6 Å². The Morgan fingerprint density at radius 3 is 2.79 bits per heavy atom. The Bertz CT molecular complexity index is 678. The van der Waals surface area contributed by atoms with E-state index in [0.717, 1.165) is 5.69 Å². The van der Waals surface area contributed by atoms with E-state index in [1.807, 2.05) is 0 Å². The number of hydrogen-bond acceptors (Lipinski definition) is 3. The lowest BCUT2D eigenvalue weighted by molar-refractivity contribution is -0.383. The second-order valence-corrected chi connectivity index (χ2v) is 5.14. The van der Waals surface area contributed by atoms with Crippen molar-refractivity contribution in [2.75, 3.05) is 0 Å². The molecule has 6 nitrogen and oxygen atoms in total. The highest BCUT2D eigenvalue weighted by molar-refractivity contribution is 9.10. The first kappa shape index (κ1) is 13.5. The molecule has 1 aromatic carbocycles. The predicted octanol–water partition coefficient (Wildman–Crippen LogP) is 3.16. The van der Waals surface area contributed by atoms with E-state index in [1.54, 1.807) is 13.0 Å². The van der Waals surface area contributed by atoms with Gasteiger partial charge in [0.25, 0.3) is 5.69 Å². The van der Waals surface area contributed by atoms with Crippen molar-refractivity contribution in [3.63, 3.8) is 0 Å². The number of nitrogens with one attached hydrogen (secondary N) is 1. The number of nitro benzene ring substituents is 1. The largest absolute Gasteiger partial charge is 0.481 e. The molecule has 2 N–H and O–H groups in total. The quantitative estimate of drug-likeness (QED) is 0.666. The normalized spacial score (nSPS) is 10.8. The van der Waals surface area contributed by atoms with E-state index in [-0.39, 0.29) is 18.5 Å². The van der Waals surface area contributed by atoms with Crippen LogP contribution in [0.2, 0.25) is 0 Å². The van der Waals surface area contributed by atoms with Crippen molar-refractivity contribution in [1.29, 1.82) is 0 Å². The number of carboxylic acids is 1. The summed E-state index contributed by atoms with van der Waals surface area (Å²) in [6.45, 7) is 1.79. The minimum atomic E-state index is -0.923. The minimum Gasteiger partial charge on any atom is -0.481 e. The van der Waals surface area contributed by atoms with Crippen molar-refractivity contribution >= 4 is 38.5 Å². The molecule has 0 saturated carbocycles. The van der Waals surface area contributed by atoms with E-state index >= 15 is 0 Å². The number of non-ortho nitro benzene ring substituents is 1. The summed E-state index contributed by atoms with van der Waals surface area (Å²) < 4.78 is 0.609. The van der Waals surface area contributed by atoms with Crippen LogP contribution in [0.1, 0.15) is 17.7 Å². The monoisotopic (exact) mass is 326 g/mol. The zero-order chi connectivity index (χ0) is 14.2. The van der Waals surface area contributed by atoms with Crippen molar-refractivity contribution in [3.8, 4) is 0 Å². The summed E-state index contributed by atoms with van der Waals surface area (Å²) in [5.74, 6) is -0.923. The molecule has 0 fully saturated rings. The van der Waals surface area contributed by atoms with E-state index in [9.17, 15) is 14.9 Å². The molecular weight excluding hydrogens is 316 g/mol. The number of nitro groups is 1. The molecule has 0 radical (unpaired) electrons. The van der Waals surface area contributed by atoms with E-state index in [4.69, 9.17) is 5.11 Å². The fourth-order valence-electron chi connectivity index (χ4n) is 2.16. The molecule has 2 rings (SSSR count). The van der Waals surface area contributed by atoms with E-state index < -0.39 is 10.9 Å². The summed E-state index contributed by atoms with van der Waals surface area (Å²) in [5, 5.41) is 20.4. The Kier molecular flexibility index (Phi) is 3.57. The van der Waals surface area contributed by atoms with Crippen molar-refractivity contribution in [3.05, 3.63) is 38.0 Å². The minimum absolute atomic E-state index is 0.0193. The molecule has 0 aliphatic rings. The highest BCUT2D eigenvalue weighted by Gasteiger charge is 2.20. The first-order valence-corrected chi connectivity index (χ1v) is 6.36. The van der Waals surface area contributed by atoms with E-state index in [1.165, 1.54) is 6.07 Å². The molecule has 1 heterocycles. The van der Waals surface area contributed by atoms with Gasteiger partial charge in [-0.2, -0.15) is 0 Å². The Morgan fingerprint density at radius 1 is 1.53 bits per heavy atom. The maximum Gasteiger partial charge on any atom is 0.303 e. The van der Waals surface area contributed by atoms with Crippen LogP contribution in [0.25, 0.3) is 10.9 Å². The van der Waals surface area contributed by atoms with Gasteiger partial charge in [0.05, 0.1) is 15.8 Å². The number of benzene rings is 1. The number of aliphatic carboxylic acids is 1. The number of H-pyrrole nitrogens is 1. The maximum absolute atomic E-state index is 11.1. The zero-order valence-electron chi connectivity index (χ0n) is 10.1. The predicted molar refractivity (Wildman–Crippen MR) is 73.3 cm³/mol. The first-order chi connectivity index (χ1) is 8.90. The molecule has 0 saturated heterocycles. The number of hydrogen-bond donors (Lipinski definition) is 2. The molecular formula is C12H11BrN2O4. The van der Waals surface area contributed by atoms with Crippen LogP contribution >= 0.6 is 15.9 Å². The Balaban J connectivity index is 2.65. The number of rotatable bonds is 4. The SMILES string of the molecule is Cc1[nH]c2cc(Br)cc([N+](=O)[O-])c2c1CCC(=O)O. The lowest BCUT2D eigenvalue weighted by Crippen LogP contribution is -1.99. The average Bonchev–Trinajstić information content (AvgIpc) is 2.60. The molecule has 0 aliphatic carbocycles. The topological polar surface area (TPSA) is 96.2 Å². The summed E-state index contributed by atoms with van der Waals surface area (Å²) in [5.41, 5.74) is 2.07. The summed E-state index contributed by atoms with van der Waals surface area (Å²) in [6, 6.07) is 3.18. The lowest BCUT2D eigenvalue weighted by Gasteiger charge is -2.01. The van der Waals surface area contributed by atoms with Crippen LogP contribution in [0, 0.1) is 17.0 Å². The van der Waals surface area contributed by atoms with E-state index in [2.05, 4.69) is 20.9 Å². The van der Waals surface area contributed by atoms with Gasteiger partial charge in [-0.05, 0) is 25.0 Å². The van der Waals surface area contributed by atoms with Gasteiger partial charge in [0.15, 0.2) is 0 Å². The van der Waals surface area contributed by atoms with Crippen LogP contribution in [-0.4, -0.2) is 21.0 Å². The first-order valence-electron chi connectivity index (χ1n) is 5.57. The smallest absolute Gasteiger partial charge is 0.303 e. The highest BCUT2D eigenvalue weighted by Crippen LogP contribution is 2.34. The van der Waals surface area contributed by atoms with Crippen LogP contribution in [0.3, 0.4) is 0 Å². The number of fused-ring (bicyclic) bond motifs is 1. The van der Waals surface area contributed by atoms with Gasteiger partial charge in [-0.1, -0.05) is 15.9 Å². The van der Waals surface area contributed by atoms with Gasteiger partial charge in [0, 0.05) is 22.7 Å². The van der Waals surface area contributed by atoms with Crippen LogP contribution in [0.5, 0.6) is 0 Å². The molecule has 7 heteroatoms. The third-order valence-electron chi connectivity index (χ3n) is 2.94. The van der Waals surface area contributed by atoms with Crippen molar-refractivity contribution in [2.24, 2.45) is 0 Å². The molecule has 0 aliphatic heterocycles. The van der Waals surface area contributed by atoms with Crippen molar-refractivity contribution < 1.29 is 14.8 Å². The fraction of sp³-hybridized carbons (Fsp3) is 0.250. The molecule has 0 spiro atoms. The van der Waals surface area contributed by atoms with Crippen molar-refractivity contribution in [2.45, 2.75) is 19.8 Å². The molecule has 100 valence electrons. The van der Waals surface area contributed by atoms with E-state index in [0.29, 0.717) is 20.9 Å². The standard InChI is InChI=1S/C12H11BrN2O4/c1-6-8(2-3-11(16)17)12-9(14-6)4-7(13)5-10(12)15(18)19/h4-5,14H,2-3H2,1H3,(H,16,17). The van der Waals surface area contributed by atoms with Crippen molar-refractivity contribution in [1.82, 2.24) is 4.98 Å². The summed E-state index contributed by atoms with van der Waals surface area (Å²) in [6.07, 6.45) is 0.213. The zero-order valence-corrected chi connectivity index (χ0v) is 11.7.